The molecule has 1 saturated carbocycles. The lowest BCUT2D eigenvalue weighted by atomic mass is 9.51. The first-order chi connectivity index (χ1) is 9.60. The van der Waals surface area contributed by atoms with Gasteiger partial charge in [-0.15, -0.1) is 0 Å². The summed E-state index contributed by atoms with van der Waals surface area (Å²) < 4.78 is 0. The minimum atomic E-state index is 0.348. The number of phenols is 1. The Hall–Kier alpha value is -1.02. The number of aromatic hydroxyl groups is 1. The molecule has 4 atom stereocenters. The van der Waals surface area contributed by atoms with Gasteiger partial charge in [-0.2, -0.15) is 0 Å². The molecular weight excluding hydrogens is 246 g/mol. The third kappa shape index (κ3) is 1.60. The fraction of sp³-hybridized carbons (Fsp3) is 0.667. The summed E-state index contributed by atoms with van der Waals surface area (Å²) in [6.45, 7) is 3.62. The van der Waals surface area contributed by atoms with Gasteiger partial charge < -0.3 is 10.0 Å². The molecule has 0 spiro atoms. The Morgan fingerprint density at radius 1 is 1.30 bits per heavy atom. The largest absolute Gasteiger partial charge is 0.508 e. The van der Waals surface area contributed by atoms with Crippen molar-refractivity contribution in [2.24, 2.45) is 11.8 Å². The number of hydrogen-bond donors (Lipinski definition) is 1. The normalized spacial score (nSPS) is 40.0. The zero-order valence-corrected chi connectivity index (χ0v) is 12.6. The maximum atomic E-state index is 9.98. The highest BCUT2D eigenvalue weighted by atomic mass is 16.3. The first kappa shape index (κ1) is 12.7. The molecule has 0 unspecified atom stereocenters. The summed E-state index contributed by atoms with van der Waals surface area (Å²) in [5.41, 5.74) is 3.32. The second-order valence-corrected chi connectivity index (χ2v) is 7.49. The first-order valence-corrected chi connectivity index (χ1v) is 8.13. The maximum absolute atomic E-state index is 9.98. The summed E-state index contributed by atoms with van der Waals surface area (Å²) in [7, 11) is 2.30. The predicted molar refractivity (Wildman–Crippen MR) is 81.0 cm³/mol. The molecule has 1 N–H and O–H groups in total. The number of piperidine rings is 1. The molecule has 2 heteroatoms. The van der Waals surface area contributed by atoms with E-state index in [0.717, 1.165) is 11.8 Å². The van der Waals surface area contributed by atoms with Crippen LogP contribution in [0.4, 0.5) is 0 Å². The Morgan fingerprint density at radius 2 is 2.15 bits per heavy atom. The number of nitrogens with zero attached hydrogens (tertiary/aromatic N) is 1. The Morgan fingerprint density at radius 3 is 3.00 bits per heavy atom. The Labute approximate surface area is 121 Å². The van der Waals surface area contributed by atoms with Gasteiger partial charge in [0.1, 0.15) is 5.75 Å². The van der Waals surface area contributed by atoms with Crippen molar-refractivity contribution in [3.63, 3.8) is 0 Å². The number of rotatable bonds is 0. The summed E-state index contributed by atoms with van der Waals surface area (Å²) in [6.07, 6.45) is 6.51. The Balaban J connectivity index is 1.90. The van der Waals surface area contributed by atoms with E-state index >= 15 is 0 Å². The molecule has 2 nitrogen and oxygen atoms in total. The van der Waals surface area contributed by atoms with Crippen LogP contribution in [0, 0.1) is 11.8 Å². The molecule has 108 valence electrons. The molecule has 20 heavy (non-hydrogen) atoms. The third-order valence-corrected chi connectivity index (χ3v) is 6.39. The number of likely N-dealkylation sites (tertiary alicyclic amines) is 1. The van der Waals surface area contributed by atoms with E-state index in [4.69, 9.17) is 0 Å². The van der Waals surface area contributed by atoms with Crippen molar-refractivity contribution in [2.75, 3.05) is 13.6 Å². The van der Waals surface area contributed by atoms with E-state index in [1.54, 1.807) is 0 Å². The topological polar surface area (TPSA) is 23.5 Å². The van der Waals surface area contributed by atoms with E-state index in [9.17, 15) is 5.11 Å². The minimum Gasteiger partial charge on any atom is -0.508 e. The van der Waals surface area contributed by atoms with Gasteiger partial charge in [0.15, 0.2) is 0 Å². The van der Waals surface area contributed by atoms with Crippen LogP contribution in [0.1, 0.15) is 43.7 Å². The van der Waals surface area contributed by atoms with Crippen LogP contribution in [0.2, 0.25) is 0 Å². The molecule has 2 bridgehead atoms. The first-order valence-electron chi connectivity index (χ1n) is 8.13. The highest BCUT2D eigenvalue weighted by Crippen LogP contribution is 2.57. The lowest BCUT2D eigenvalue weighted by Crippen LogP contribution is -2.60. The quantitative estimate of drug-likeness (QED) is 0.782. The van der Waals surface area contributed by atoms with Crippen LogP contribution in [0.15, 0.2) is 18.2 Å². The van der Waals surface area contributed by atoms with Crippen LogP contribution in [0.3, 0.4) is 0 Å². The van der Waals surface area contributed by atoms with Crippen molar-refractivity contribution in [3.8, 4) is 5.75 Å². The van der Waals surface area contributed by atoms with Crippen molar-refractivity contribution < 1.29 is 5.11 Å². The molecule has 2 aliphatic carbocycles. The molecule has 4 rings (SSSR count). The zero-order valence-electron chi connectivity index (χ0n) is 12.6. The van der Waals surface area contributed by atoms with Crippen molar-refractivity contribution in [3.05, 3.63) is 29.3 Å². The van der Waals surface area contributed by atoms with E-state index in [0.29, 0.717) is 17.2 Å². The van der Waals surface area contributed by atoms with E-state index in [-0.39, 0.29) is 0 Å². The maximum Gasteiger partial charge on any atom is 0.115 e. The van der Waals surface area contributed by atoms with Crippen LogP contribution < -0.4 is 0 Å². The van der Waals surface area contributed by atoms with Crippen molar-refractivity contribution in [2.45, 2.75) is 50.5 Å². The molecular formula is C18H25NO. The molecule has 0 amide bonds. The van der Waals surface area contributed by atoms with Crippen LogP contribution in [0.5, 0.6) is 5.75 Å². The van der Waals surface area contributed by atoms with Crippen molar-refractivity contribution in [1.82, 2.24) is 4.90 Å². The number of fused-ring (bicyclic) bond motifs is 1. The van der Waals surface area contributed by atoms with Gasteiger partial charge in [-0.25, -0.2) is 0 Å². The highest BCUT2D eigenvalue weighted by Gasteiger charge is 2.54. The fourth-order valence-corrected chi connectivity index (χ4v) is 5.49. The van der Waals surface area contributed by atoms with Crippen LogP contribution >= 0.6 is 0 Å². The predicted octanol–water partition coefficient (Wildman–Crippen LogP) is 3.33. The van der Waals surface area contributed by atoms with E-state index in [1.807, 2.05) is 6.07 Å². The van der Waals surface area contributed by atoms with E-state index in [1.165, 1.54) is 49.8 Å². The second-order valence-electron chi connectivity index (χ2n) is 7.49. The van der Waals surface area contributed by atoms with Gasteiger partial charge in [0, 0.05) is 11.5 Å². The lowest BCUT2D eigenvalue weighted by Gasteiger charge is -2.59. The standard InChI is InChI=1S/C18H25NO/c1-12-3-6-15-17-9-13-4-5-14(20)10-16(13)18(15,11-12)7-8-19(17)2/h4-5,10,12,15,17,20H,3,6-9,11H2,1-2H3/t12-,15+,17-,18+/m1/s1. The summed E-state index contributed by atoms with van der Waals surface area (Å²) >= 11 is 0. The molecule has 1 aliphatic heterocycles. The average Bonchev–Trinajstić information content (AvgIpc) is 2.43. The zero-order chi connectivity index (χ0) is 13.9. The molecule has 1 aromatic rings. The molecule has 3 aliphatic rings. The van der Waals surface area contributed by atoms with Gasteiger partial charge in [0.25, 0.3) is 0 Å². The number of phenolic OH excluding ortho intramolecular Hbond substituents is 1. The fourth-order valence-electron chi connectivity index (χ4n) is 5.49. The smallest absolute Gasteiger partial charge is 0.115 e. The molecule has 1 aromatic carbocycles. The second kappa shape index (κ2) is 4.24. The molecule has 1 saturated heterocycles. The van der Waals surface area contributed by atoms with Gasteiger partial charge in [-0.1, -0.05) is 19.4 Å². The van der Waals surface area contributed by atoms with Crippen molar-refractivity contribution >= 4 is 0 Å². The van der Waals surface area contributed by atoms with Gasteiger partial charge >= 0.3 is 0 Å². The molecule has 2 fully saturated rings. The van der Waals surface area contributed by atoms with Crippen LogP contribution in [0.25, 0.3) is 0 Å². The lowest BCUT2D eigenvalue weighted by molar-refractivity contribution is -0.0110. The number of benzene rings is 1. The minimum absolute atomic E-state index is 0.348. The van der Waals surface area contributed by atoms with Crippen molar-refractivity contribution in [1.29, 1.82) is 0 Å². The summed E-state index contributed by atoms with van der Waals surface area (Å²) in [4.78, 5) is 2.59. The number of hydrogen-bond acceptors (Lipinski definition) is 2. The van der Waals surface area contributed by atoms with Gasteiger partial charge in [-0.05, 0) is 74.4 Å². The van der Waals surface area contributed by atoms with Crippen LogP contribution in [-0.4, -0.2) is 29.6 Å². The summed E-state index contributed by atoms with van der Waals surface area (Å²) in [6, 6.07) is 6.85. The average molecular weight is 271 g/mol. The SMILES string of the molecule is C[C@@H]1CC[C@H]2[C@H]3Cc4ccc(O)cc4[C@@]2(CCN3C)C1. The summed E-state index contributed by atoms with van der Waals surface area (Å²) in [5.74, 6) is 2.07. The third-order valence-electron chi connectivity index (χ3n) is 6.39. The molecule has 0 radical (unpaired) electrons. The van der Waals surface area contributed by atoms with Crippen LogP contribution in [-0.2, 0) is 11.8 Å². The van der Waals surface area contributed by atoms with Gasteiger partial charge in [-0.3, -0.25) is 0 Å². The summed E-state index contributed by atoms with van der Waals surface area (Å²) in [5, 5.41) is 9.98. The van der Waals surface area contributed by atoms with E-state index in [2.05, 4.69) is 31.0 Å². The Bertz CT molecular complexity index is 540. The molecule has 0 aromatic heterocycles. The Kier molecular flexibility index (Phi) is 2.69. The number of likely N-dealkylation sites (N-methyl/N-ethyl adjacent to an activating group) is 1. The van der Waals surface area contributed by atoms with Gasteiger partial charge in [0.2, 0.25) is 0 Å². The monoisotopic (exact) mass is 271 g/mol. The highest BCUT2D eigenvalue weighted by molar-refractivity contribution is 5.45. The molecule has 1 heterocycles. The van der Waals surface area contributed by atoms with Gasteiger partial charge in [0.05, 0.1) is 0 Å². The van der Waals surface area contributed by atoms with E-state index < -0.39 is 0 Å².